The smallest absolute Gasteiger partial charge is 0.240 e. The Morgan fingerprint density at radius 3 is 2.67 bits per heavy atom. The van der Waals surface area contributed by atoms with Gasteiger partial charge in [0, 0.05) is 44.3 Å². The maximum Gasteiger partial charge on any atom is 0.240 e. The van der Waals surface area contributed by atoms with Gasteiger partial charge in [0.1, 0.15) is 0 Å². The highest BCUT2D eigenvalue weighted by atomic mass is 32.2. The number of hydrogen-bond acceptors (Lipinski definition) is 4. The minimum absolute atomic E-state index is 0.173. The molecule has 1 aliphatic heterocycles. The van der Waals surface area contributed by atoms with Crippen LogP contribution in [0.3, 0.4) is 0 Å². The van der Waals surface area contributed by atoms with Gasteiger partial charge in [-0.2, -0.15) is 5.10 Å². The summed E-state index contributed by atoms with van der Waals surface area (Å²) < 4.78 is 29.6. The van der Waals surface area contributed by atoms with Crippen LogP contribution in [0.2, 0.25) is 0 Å². The van der Waals surface area contributed by atoms with E-state index in [2.05, 4.69) is 28.6 Å². The van der Waals surface area contributed by atoms with E-state index in [9.17, 15) is 8.42 Å². The minimum atomic E-state index is -3.47. The summed E-state index contributed by atoms with van der Waals surface area (Å²) >= 11 is 0. The number of sulfonamides is 1. The molecule has 130 valence electrons. The molecule has 1 atom stereocenters. The van der Waals surface area contributed by atoms with Crippen molar-refractivity contribution in [1.29, 1.82) is 0 Å². The van der Waals surface area contributed by atoms with Crippen molar-refractivity contribution in [3.8, 4) is 0 Å². The molecule has 1 aliphatic rings. The molecule has 0 saturated heterocycles. The maximum atomic E-state index is 12.4. The van der Waals surface area contributed by atoms with Gasteiger partial charge in [-0.05, 0) is 32.0 Å². The van der Waals surface area contributed by atoms with Gasteiger partial charge in [0.15, 0.2) is 0 Å². The second-order valence-electron chi connectivity index (χ2n) is 6.56. The largest absolute Gasteiger partial charge is 0.295 e. The fourth-order valence-electron chi connectivity index (χ4n) is 3.00. The van der Waals surface area contributed by atoms with Crippen LogP contribution in [0, 0.1) is 5.92 Å². The van der Waals surface area contributed by atoms with Gasteiger partial charge in [-0.25, -0.2) is 13.1 Å². The zero-order chi connectivity index (χ0) is 17.2. The molecule has 1 N–H and O–H groups in total. The molecular formula is C17H24N4O2S. The molecule has 0 radical (unpaired) electrons. The lowest BCUT2D eigenvalue weighted by atomic mass is 10.1. The van der Waals surface area contributed by atoms with Crippen LogP contribution in [0.4, 0.5) is 0 Å². The molecule has 24 heavy (non-hydrogen) atoms. The third kappa shape index (κ3) is 3.85. The lowest BCUT2D eigenvalue weighted by Crippen LogP contribution is -2.39. The lowest BCUT2D eigenvalue weighted by Gasteiger charge is -2.27. The van der Waals surface area contributed by atoms with E-state index in [1.165, 1.54) is 5.69 Å². The molecule has 0 spiro atoms. The fraction of sp³-hybridized carbons (Fsp3) is 0.471. The second-order valence-corrected chi connectivity index (χ2v) is 8.33. The van der Waals surface area contributed by atoms with Crippen molar-refractivity contribution in [1.82, 2.24) is 19.4 Å². The highest BCUT2D eigenvalue weighted by Crippen LogP contribution is 2.18. The SMILES string of the molecule is CC(C)N1Cc2ccnn2CC(CNS(=O)(=O)c2ccccc2)C1. The van der Waals surface area contributed by atoms with Gasteiger partial charge < -0.3 is 0 Å². The quantitative estimate of drug-likeness (QED) is 0.893. The van der Waals surface area contributed by atoms with Gasteiger partial charge in [0.2, 0.25) is 10.0 Å². The zero-order valence-electron chi connectivity index (χ0n) is 14.1. The van der Waals surface area contributed by atoms with Crippen molar-refractivity contribution >= 4 is 10.0 Å². The first-order valence-electron chi connectivity index (χ1n) is 8.25. The molecular weight excluding hydrogens is 324 g/mol. The fourth-order valence-corrected chi connectivity index (χ4v) is 4.14. The van der Waals surface area contributed by atoms with E-state index < -0.39 is 10.0 Å². The Kier molecular flexibility index (Phi) is 5.03. The van der Waals surface area contributed by atoms with Gasteiger partial charge in [-0.1, -0.05) is 18.2 Å². The average Bonchev–Trinajstić information content (AvgIpc) is 2.91. The monoisotopic (exact) mass is 348 g/mol. The standard InChI is InChI=1S/C17H24N4O2S/c1-14(2)20-11-15(12-21-16(13-20)8-9-18-21)10-19-24(22,23)17-6-4-3-5-7-17/h3-9,14-15,19H,10-13H2,1-2H3. The maximum absolute atomic E-state index is 12.4. The number of rotatable bonds is 5. The number of fused-ring (bicyclic) bond motifs is 1. The third-order valence-corrected chi connectivity index (χ3v) is 5.88. The van der Waals surface area contributed by atoms with Gasteiger partial charge >= 0.3 is 0 Å². The molecule has 1 aromatic heterocycles. The third-order valence-electron chi connectivity index (χ3n) is 4.44. The van der Waals surface area contributed by atoms with E-state index >= 15 is 0 Å². The summed E-state index contributed by atoms with van der Waals surface area (Å²) in [4.78, 5) is 2.67. The molecule has 0 saturated carbocycles. The van der Waals surface area contributed by atoms with Crippen molar-refractivity contribution in [2.75, 3.05) is 13.1 Å². The van der Waals surface area contributed by atoms with Gasteiger partial charge in [0.25, 0.3) is 0 Å². The molecule has 2 aromatic rings. The Bertz CT molecular complexity index is 771. The summed E-state index contributed by atoms with van der Waals surface area (Å²) in [6.45, 7) is 7.15. The normalized spacial score (nSPS) is 19.2. The number of hydrogen-bond donors (Lipinski definition) is 1. The molecule has 2 heterocycles. The Hall–Kier alpha value is -1.70. The summed E-state index contributed by atoms with van der Waals surface area (Å²) in [7, 11) is -3.47. The highest BCUT2D eigenvalue weighted by Gasteiger charge is 2.25. The average molecular weight is 348 g/mol. The van der Waals surface area contributed by atoms with E-state index in [0.717, 1.165) is 19.6 Å². The molecule has 7 heteroatoms. The Morgan fingerprint density at radius 1 is 1.21 bits per heavy atom. The molecule has 1 unspecified atom stereocenters. The topological polar surface area (TPSA) is 67.2 Å². The van der Waals surface area contributed by atoms with E-state index in [0.29, 0.717) is 17.5 Å². The molecule has 1 aromatic carbocycles. The van der Waals surface area contributed by atoms with Crippen LogP contribution >= 0.6 is 0 Å². The van der Waals surface area contributed by atoms with Crippen molar-refractivity contribution < 1.29 is 8.42 Å². The van der Waals surface area contributed by atoms with Crippen molar-refractivity contribution in [2.24, 2.45) is 5.92 Å². The van der Waals surface area contributed by atoms with E-state index in [1.807, 2.05) is 23.0 Å². The van der Waals surface area contributed by atoms with Crippen LogP contribution < -0.4 is 4.72 Å². The molecule has 0 bridgehead atoms. The summed E-state index contributed by atoms with van der Waals surface area (Å²) in [5.41, 5.74) is 1.18. The highest BCUT2D eigenvalue weighted by molar-refractivity contribution is 7.89. The molecule has 6 nitrogen and oxygen atoms in total. The Balaban J connectivity index is 1.72. The van der Waals surface area contributed by atoms with Crippen molar-refractivity contribution in [3.63, 3.8) is 0 Å². The number of aromatic nitrogens is 2. The Morgan fingerprint density at radius 2 is 1.96 bits per heavy atom. The summed E-state index contributed by atoms with van der Waals surface area (Å²) in [5, 5.41) is 4.38. The molecule has 0 aliphatic carbocycles. The predicted molar refractivity (Wildman–Crippen MR) is 92.9 cm³/mol. The zero-order valence-corrected chi connectivity index (χ0v) is 14.9. The molecule has 0 fully saturated rings. The first-order chi connectivity index (χ1) is 11.5. The number of nitrogens with zero attached hydrogens (tertiary/aromatic N) is 3. The van der Waals surface area contributed by atoms with Crippen LogP contribution in [-0.4, -0.2) is 42.2 Å². The predicted octanol–water partition coefficient (Wildman–Crippen LogP) is 1.70. The van der Waals surface area contributed by atoms with Crippen LogP contribution in [0.25, 0.3) is 0 Å². The van der Waals surface area contributed by atoms with Gasteiger partial charge in [-0.3, -0.25) is 9.58 Å². The summed E-state index contributed by atoms with van der Waals surface area (Å²) in [5.74, 6) is 0.173. The number of benzene rings is 1. The van der Waals surface area contributed by atoms with E-state index in [4.69, 9.17) is 0 Å². The first-order valence-corrected chi connectivity index (χ1v) is 9.73. The summed E-state index contributed by atoms with van der Waals surface area (Å²) in [6, 6.07) is 10.9. The Labute approximate surface area is 143 Å². The number of nitrogens with one attached hydrogen (secondary N) is 1. The van der Waals surface area contributed by atoms with Gasteiger partial charge in [0.05, 0.1) is 10.6 Å². The first kappa shape index (κ1) is 17.1. The molecule has 3 rings (SSSR count). The van der Waals surface area contributed by atoms with Gasteiger partial charge in [-0.15, -0.1) is 0 Å². The van der Waals surface area contributed by atoms with E-state index in [-0.39, 0.29) is 5.92 Å². The second kappa shape index (κ2) is 7.04. The van der Waals surface area contributed by atoms with E-state index in [1.54, 1.807) is 24.3 Å². The van der Waals surface area contributed by atoms with Crippen LogP contribution in [0.1, 0.15) is 19.5 Å². The minimum Gasteiger partial charge on any atom is -0.295 e. The lowest BCUT2D eigenvalue weighted by molar-refractivity contribution is 0.185. The van der Waals surface area contributed by atoms with Crippen LogP contribution in [0.15, 0.2) is 47.5 Å². The van der Waals surface area contributed by atoms with Crippen LogP contribution in [0.5, 0.6) is 0 Å². The molecule has 0 amide bonds. The van der Waals surface area contributed by atoms with Crippen LogP contribution in [-0.2, 0) is 23.1 Å². The van der Waals surface area contributed by atoms with Crippen molar-refractivity contribution in [3.05, 3.63) is 48.3 Å². The van der Waals surface area contributed by atoms with Crippen molar-refractivity contribution in [2.45, 2.75) is 37.9 Å². The summed E-state index contributed by atoms with van der Waals surface area (Å²) in [6.07, 6.45) is 1.81.